The molecule has 0 atom stereocenters. The number of ether oxygens (including phenoxy) is 1. The average molecular weight is 350 g/mol. The van der Waals surface area contributed by atoms with Gasteiger partial charge >= 0.3 is 0 Å². The van der Waals surface area contributed by atoms with Crippen molar-refractivity contribution in [3.8, 4) is 5.75 Å². The van der Waals surface area contributed by atoms with Crippen molar-refractivity contribution in [3.63, 3.8) is 0 Å². The number of hydrogen-bond donors (Lipinski definition) is 2. The summed E-state index contributed by atoms with van der Waals surface area (Å²) < 4.78 is 30.2. The summed E-state index contributed by atoms with van der Waals surface area (Å²) in [6.45, 7) is 0.918. The minimum atomic E-state index is -3.21. The highest BCUT2D eigenvalue weighted by atomic mass is 32.2. The molecule has 0 bridgehead atoms. The van der Waals surface area contributed by atoms with Gasteiger partial charge in [-0.2, -0.15) is 0 Å². The van der Waals surface area contributed by atoms with Crippen LogP contribution in [-0.4, -0.2) is 37.0 Å². The van der Waals surface area contributed by atoms with Gasteiger partial charge in [0.2, 0.25) is 0 Å². The third-order valence-electron chi connectivity index (χ3n) is 3.23. The van der Waals surface area contributed by atoms with Gasteiger partial charge in [0.25, 0.3) is 5.91 Å². The van der Waals surface area contributed by atoms with E-state index in [1.807, 2.05) is 22.9 Å². The molecule has 0 spiro atoms. The first-order valence-corrected chi connectivity index (χ1v) is 8.99. The lowest BCUT2D eigenvalue weighted by Crippen LogP contribution is -2.15. The second-order valence-electron chi connectivity index (χ2n) is 5.03. The monoisotopic (exact) mass is 350 g/mol. The minimum absolute atomic E-state index is 0.245. The molecule has 1 aromatic carbocycles. The molecular weight excluding hydrogens is 332 g/mol. The third-order valence-corrected chi connectivity index (χ3v) is 4.36. The van der Waals surface area contributed by atoms with E-state index in [9.17, 15) is 13.2 Å². The molecule has 2 rings (SSSR count). The number of amides is 1. The van der Waals surface area contributed by atoms with Crippen LogP contribution in [0.4, 0.5) is 0 Å². The highest BCUT2D eigenvalue weighted by Crippen LogP contribution is 2.16. The number of aromatic nitrogens is 1. The number of rotatable bonds is 7. The van der Waals surface area contributed by atoms with Crippen molar-refractivity contribution < 1.29 is 23.2 Å². The fourth-order valence-electron chi connectivity index (χ4n) is 2.03. The molecule has 0 aliphatic rings. The van der Waals surface area contributed by atoms with Gasteiger partial charge in [0.1, 0.15) is 12.4 Å². The van der Waals surface area contributed by atoms with Crippen LogP contribution in [0.15, 0.2) is 53.6 Å². The van der Waals surface area contributed by atoms with Crippen LogP contribution >= 0.6 is 0 Å². The van der Waals surface area contributed by atoms with Crippen LogP contribution in [0.5, 0.6) is 5.75 Å². The molecular formula is C16H18N2O5S. The summed E-state index contributed by atoms with van der Waals surface area (Å²) in [6, 6.07) is 9.88. The predicted octanol–water partition coefficient (Wildman–Crippen LogP) is 1.49. The zero-order chi connectivity index (χ0) is 17.6. The summed E-state index contributed by atoms with van der Waals surface area (Å²) in [5.74, 6) is -0.0312. The molecule has 2 N–H and O–H groups in total. The standard InChI is InChI=1S/C16H18N2O5S/c1-24(21,22)15-7-5-14(6-8-15)23-12-11-18-10-2-3-13(18)4-9-16(19)17-20/h2-10,20H,11-12H2,1H3,(H,17,19)/b9-4+. The van der Waals surface area contributed by atoms with Gasteiger partial charge in [0, 0.05) is 24.2 Å². The Hall–Kier alpha value is -2.58. The molecule has 0 saturated heterocycles. The van der Waals surface area contributed by atoms with Crippen molar-refractivity contribution in [2.75, 3.05) is 12.9 Å². The molecule has 24 heavy (non-hydrogen) atoms. The summed E-state index contributed by atoms with van der Waals surface area (Å²) in [6.07, 6.45) is 5.79. The molecule has 1 amide bonds. The lowest BCUT2D eigenvalue weighted by molar-refractivity contribution is -0.124. The van der Waals surface area contributed by atoms with E-state index in [1.165, 1.54) is 23.7 Å². The number of benzene rings is 1. The highest BCUT2D eigenvalue weighted by molar-refractivity contribution is 7.90. The molecule has 0 fully saturated rings. The SMILES string of the molecule is CS(=O)(=O)c1ccc(OCCn2cccc2/C=C/C(=O)NO)cc1. The quantitative estimate of drug-likeness (QED) is 0.448. The first-order valence-electron chi connectivity index (χ1n) is 7.10. The topological polar surface area (TPSA) is 97.6 Å². The average Bonchev–Trinajstić information content (AvgIpc) is 2.99. The van der Waals surface area contributed by atoms with Gasteiger partial charge in [0.05, 0.1) is 11.4 Å². The summed E-state index contributed by atoms with van der Waals surface area (Å²) in [5, 5.41) is 8.45. The van der Waals surface area contributed by atoms with Crippen LogP contribution in [0, 0.1) is 0 Å². The van der Waals surface area contributed by atoms with E-state index in [0.717, 1.165) is 11.9 Å². The lowest BCUT2D eigenvalue weighted by Gasteiger charge is -2.09. The largest absolute Gasteiger partial charge is 0.492 e. The molecule has 8 heteroatoms. The number of sulfone groups is 1. The smallest absolute Gasteiger partial charge is 0.267 e. The van der Waals surface area contributed by atoms with E-state index in [-0.39, 0.29) is 4.90 Å². The molecule has 0 aliphatic carbocycles. The number of carbonyl (C=O) groups excluding carboxylic acids is 1. The molecule has 0 radical (unpaired) electrons. The molecule has 2 aromatic rings. The Morgan fingerprint density at radius 1 is 1.29 bits per heavy atom. The number of nitrogens with one attached hydrogen (secondary N) is 1. The first-order chi connectivity index (χ1) is 11.4. The zero-order valence-electron chi connectivity index (χ0n) is 13.0. The van der Waals surface area contributed by atoms with E-state index < -0.39 is 15.7 Å². The molecule has 128 valence electrons. The van der Waals surface area contributed by atoms with Crippen LogP contribution in [-0.2, 0) is 21.2 Å². The Labute approximate surface area is 140 Å². The first kappa shape index (κ1) is 17.8. The Balaban J connectivity index is 1.92. The van der Waals surface area contributed by atoms with E-state index in [2.05, 4.69) is 0 Å². The van der Waals surface area contributed by atoms with Crippen molar-refractivity contribution in [2.24, 2.45) is 0 Å². The van der Waals surface area contributed by atoms with E-state index in [4.69, 9.17) is 9.94 Å². The maximum absolute atomic E-state index is 11.4. The van der Waals surface area contributed by atoms with Crippen LogP contribution in [0.2, 0.25) is 0 Å². The van der Waals surface area contributed by atoms with Crippen molar-refractivity contribution in [1.29, 1.82) is 0 Å². The van der Waals surface area contributed by atoms with Crippen molar-refractivity contribution in [1.82, 2.24) is 10.0 Å². The van der Waals surface area contributed by atoms with Crippen LogP contribution in [0.3, 0.4) is 0 Å². The summed E-state index contributed by atoms with van der Waals surface area (Å²) in [4.78, 5) is 11.2. The number of nitrogens with zero attached hydrogens (tertiary/aromatic N) is 1. The van der Waals surface area contributed by atoms with Crippen molar-refractivity contribution in [3.05, 3.63) is 54.4 Å². The van der Waals surface area contributed by atoms with Crippen molar-refractivity contribution >= 4 is 21.8 Å². The van der Waals surface area contributed by atoms with Crippen LogP contribution in [0.1, 0.15) is 5.69 Å². The van der Waals surface area contributed by atoms with Gasteiger partial charge in [-0.15, -0.1) is 0 Å². The van der Waals surface area contributed by atoms with Crippen LogP contribution < -0.4 is 10.2 Å². The Morgan fingerprint density at radius 2 is 2.00 bits per heavy atom. The maximum atomic E-state index is 11.4. The lowest BCUT2D eigenvalue weighted by atomic mass is 10.3. The fourth-order valence-corrected chi connectivity index (χ4v) is 2.66. The Morgan fingerprint density at radius 3 is 2.62 bits per heavy atom. The Bertz CT molecular complexity index is 822. The summed E-state index contributed by atoms with van der Waals surface area (Å²) >= 11 is 0. The van der Waals surface area contributed by atoms with Crippen molar-refractivity contribution in [2.45, 2.75) is 11.4 Å². The molecule has 0 saturated carbocycles. The van der Waals surface area contributed by atoms with Gasteiger partial charge < -0.3 is 9.30 Å². The molecule has 1 heterocycles. The van der Waals surface area contributed by atoms with Gasteiger partial charge in [-0.3, -0.25) is 10.0 Å². The molecule has 1 aromatic heterocycles. The second-order valence-corrected chi connectivity index (χ2v) is 7.04. The second kappa shape index (κ2) is 7.80. The minimum Gasteiger partial charge on any atom is -0.492 e. The number of hydroxylamine groups is 1. The van der Waals surface area contributed by atoms with Gasteiger partial charge in [-0.1, -0.05) is 0 Å². The van der Waals surface area contributed by atoms with E-state index in [0.29, 0.717) is 18.9 Å². The predicted molar refractivity (Wildman–Crippen MR) is 88.4 cm³/mol. The number of carbonyl (C=O) groups is 1. The fraction of sp³-hybridized carbons (Fsp3) is 0.188. The summed E-state index contributed by atoms with van der Waals surface area (Å²) in [7, 11) is -3.21. The molecule has 0 aliphatic heterocycles. The number of hydrogen-bond acceptors (Lipinski definition) is 5. The normalized spacial score (nSPS) is 11.6. The van der Waals surface area contributed by atoms with Gasteiger partial charge in [-0.25, -0.2) is 13.9 Å². The molecule has 7 nitrogen and oxygen atoms in total. The highest BCUT2D eigenvalue weighted by Gasteiger charge is 2.06. The van der Waals surface area contributed by atoms with Gasteiger partial charge in [0.15, 0.2) is 9.84 Å². The third kappa shape index (κ3) is 4.97. The Kier molecular flexibility index (Phi) is 5.78. The molecule has 0 unspecified atom stereocenters. The maximum Gasteiger partial charge on any atom is 0.267 e. The zero-order valence-corrected chi connectivity index (χ0v) is 13.9. The van der Waals surface area contributed by atoms with Gasteiger partial charge in [-0.05, 0) is 42.5 Å². The summed E-state index contributed by atoms with van der Waals surface area (Å²) in [5.41, 5.74) is 2.31. The van der Waals surface area contributed by atoms with E-state index >= 15 is 0 Å². The van der Waals surface area contributed by atoms with E-state index in [1.54, 1.807) is 18.2 Å². The van der Waals surface area contributed by atoms with Crippen LogP contribution in [0.25, 0.3) is 6.08 Å².